The maximum absolute atomic E-state index is 13.1. The highest BCUT2D eigenvalue weighted by Crippen LogP contribution is 2.36. The van der Waals surface area contributed by atoms with E-state index in [1.54, 1.807) is 0 Å². The molecule has 0 bridgehead atoms. The Hall–Kier alpha value is -1.29. The first kappa shape index (κ1) is 22.4. The summed E-state index contributed by atoms with van der Waals surface area (Å²) in [5, 5.41) is 6.97. The van der Waals surface area contributed by atoms with E-state index < -0.39 is 9.73 Å². The van der Waals surface area contributed by atoms with Crippen LogP contribution in [0.5, 0.6) is 0 Å². The van der Waals surface area contributed by atoms with Gasteiger partial charge in [0.2, 0.25) is 5.91 Å². The second-order valence-electron chi connectivity index (χ2n) is 8.34. The molecule has 1 N–H and O–H groups in total. The van der Waals surface area contributed by atoms with Crippen molar-refractivity contribution in [2.75, 3.05) is 32.2 Å². The SMILES string of the molecule is C[C@@H](C(=O)NC1CCOC2(CCS(=O)(=NC(=O)Cc3ccsc3)CC2)C1)N(C)C. The third kappa shape index (κ3) is 5.87. The highest BCUT2D eigenvalue weighted by atomic mass is 32.2. The lowest BCUT2D eigenvalue weighted by molar-refractivity contribution is -0.129. The first-order valence-corrected chi connectivity index (χ1v) is 12.9. The fourth-order valence-electron chi connectivity index (χ4n) is 3.85. The van der Waals surface area contributed by atoms with Crippen molar-refractivity contribution >= 4 is 32.9 Å². The van der Waals surface area contributed by atoms with Gasteiger partial charge in [0.05, 0.1) is 27.8 Å². The van der Waals surface area contributed by atoms with Crippen molar-refractivity contribution in [1.29, 1.82) is 0 Å². The number of ether oxygens (including phenoxy) is 1. The molecule has 2 amide bonds. The fraction of sp³-hybridized carbons (Fsp3) is 0.700. The fourth-order valence-corrected chi connectivity index (χ4v) is 6.72. The third-order valence-corrected chi connectivity index (χ3v) is 8.90. The van der Waals surface area contributed by atoms with Crippen LogP contribution in [0.15, 0.2) is 21.2 Å². The molecule has 1 aromatic heterocycles. The number of rotatable bonds is 5. The predicted octanol–water partition coefficient (Wildman–Crippen LogP) is 2.06. The van der Waals surface area contributed by atoms with Crippen LogP contribution in [-0.2, 0) is 30.5 Å². The highest BCUT2D eigenvalue weighted by molar-refractivity contribution is 7.93. The number of hydrogen-bond acceptors (Lipinski definition) is 6. The summed E-state index contributed by atoms with van der Waals surface area (Å²) in [5.41, 5.74) is 0.546. The largest absolute Gasteiger partial charge is 0.375 e. The minimum absolute atomic E-state index is 0.0192. The quantitative estimate of drug-likeness (QED) is 0.756. The molecular weight excluding hydrogens is 410 g/mol. The lowest BCUT2D eigenvalue weighted by atomic mass is 9.85. The van der Waals surface area contributed by atoms with Crippen LogP contribution in [0.3, 0.4) is 0 Å². The van der Waals surface area contributed by atoms with Gasteiger partial charge >= 0.3 is 0 Å². The molecule has 2 aliphatic heterocycles. The number of carbonyl (C=O) groups excluding carboxylic acids is 2. The number of nitrogens with zero attached hydrogens (tertiary/aromatic N) is 2. The molecule has 3 heterocycles. The van der Waals surface area contributed by atoms with Crippen molar-refractivity contribution in [3.05, 3.63) is 22.4 Å². The van der Waals surface area contributed by atoms with E-state index in [1.165, 1.54) is 11.3 Å². The second kappa shape index (κ2) is 9.24. The van der Waals surface area contributed by atoms with Gasteiger partial charge in [-0.15, -0.1) is 0 Å². The summed E-state index contributed by atoms with van der Waals surface area (Å²) in [6.45, 7) is 2.46. The molecule has 29 heavy (non-hydrogen) atoms. The van der Waals surface area contributed by atoms with Gasteiger partial charge in [-0.2, -0.15) is 15.7 Å². The number of amides is 2. The van der Waals surface area contributed by atoms with Crippen molar-refractivity contribution < 1.29 is 18.5 Å². The van der Waals surface area contributed by atoms with E-state index in [1.807, 2.05) is 42.7 Å². The van der Waals surface area contributed by atoms with Crippen molar-refractivity contribution in [1.82, 2.24) is 10.2 Å². The Kier molecular flexibility index (Phi) is 7.14. The van der Waals surface area contributed by atoms with Gasteiger partial charge in [0.15, 0.2) is 0 Å². The average molecular weight is 442 g/mol. The van der Waals surface area contributed by atoms with Gasteiger partial charge in [0.1, 0.15) is 0 Å². The van der Waals surface area contributed by atoms with Crippen molar-refractivity contribution in [3.8, 4) is 0 Å². The summed E-state index contributed by atoms with van der Waals surface area (Å²) in [5.74, 6) is 0.455. The number of likely N-dealkylation sites (N-methyl/N-ethyl adjacent to an activating group) is 1. The Morgan fingerprint density at radius 1 is 1.41 bits per heavy atom. The molecule has 0 saturated carbocycles. The molecule has 2 aliphatic rings. The molecule has 1 aromatic rings. The van der Waals surface area contributed by atoms with Crippen LogP contribution in [-0.4, -0.2) is 70.8 Å². The normalized spacial score (nSPS) is 30.8. The van der Waals surface area contributed by atoms with E-state index in [0.29, 0.717) is 31.0 Å². The molecule has 0 aromatic carbocycles. The van der Waals surface area contributed by atoms with Gasteiger partial charge in [-0.25, -0.2) is 4.21 Å². The Morgan fingerprint density at radius 3 is 2.76 bits per heavy atom. The highest BCUT2D eigenvalue weighted by Gasteiger charge is 2.42. The zero-order valence-electron chi connectivity index (χ0n) is 17.4. The number of thiophene rings is 1. The summed E-state index contributed by atoms with van der Waals surface area (Å²) < 4.78 is 23.3. The summed E-state index contributed by atoms with van der Waals surface area (Å²) in [6.07, 6.45) is 2.93. The van der Waals surface area contributed by atoms with E-state index in [2.05, 4.69) is 9.68 Å². The number of hydrogen-bond donors (Lipinski definition) is 1. The minimum atomic E-state index is -2.53. The van der Waals surface area contributed by atoms with Crippen LogP contribution < -0.4 is 5.32 Å². The van der Waals surface area contributed by atoms with Crippen LogP contribution in [0, 0.1) is 0 Å². The van der Waals surface area contributed by atoms with Gasteiger partial charge in [0.25, 0.3) is 5.91 Å². The summed E-state index contributed by atoms with van der Waals surface area (Å²) in [6, 6.07) is 1.76. The summed E-state index contributed by atoms with van der Waals surface area (Å²) >= 11 is 1.53. The predicted molar refractivity (Wildman–Crippen MR) is 116 cm³/mol. The van der Waals surface area contributed by atoms with Gasteiger partial charge in [0, 0.05) is 24.2 Å². The molecule has 0 aliphatic carbocycles. The topological polar surface area (TPSA) is 88.1 Å². The van der Waals surface area contributed by atoms with E-state index in [-0.39, 0.29) is 35.9 Å². The molecule has 7 nitrogen and oxygen atoms in total. The van der Waals surface area contributed by atoms with Crippen molar-refractivity contribution in [2.24, 2.45) is 4.36 Å². The van der Waals surface area contributed by atoms with Crippen LogP contribution in [0.1, 0.15) is 38.2 Å². The second-order valence-corrected chi connectivity index (χ2v) is 11.7. The maximum Gasteiger partial charge on any atom is 0.258 e. The number of carbonyl (C=O) groups is 2. The number of nitrogens with one attached hydrogen (secondary N) is 1. The molecule has 9 heteroatoms. The Labute approximate surface area is 177 Å². The summed E-state index contributed by atoms with van der Waals surface area (Å²) in [7, 11) is 1.24. The Balaban J connectivity index is 1.58. The van der Waals surface area contributed by atoms with Crippen molar-refractivity contribution in [2.45, 2.75) is 56.7 Å². The molecule has 1 spiro atoms. The first-order chi connectivity index (χ1) is 13.7. The van der Waals surface area contributed by atoms with Gasteiger partial charge < -0.3 is 10.1 Å². The van der Waals surface area contributed by atoms with Gasteiger partial charge in [-0.3, -0.25) is 14.5 Å². The molecular formula is C20H31N3O4S2. The third-order valence-electron chi connectivity index (χ3n) is 5.95. The Morgan fingerprint density at radius 2 is 2.14 bits per heavy atom. The van der Waals surface area contributed by atoms with Crippen LogP contribution in [0.25, 0.3) is 0 Å². The van der Waals surface area contributed by atoms with Gasteiger partial charge in [-0.05, 0) is 69.1 Å². The molecule has 2 fully saturated rings. The zero-order valence-corrected chi connectivity index (χ0v) is 19.0. The lowest BCUT2D eigenvalue weighted by Gasteiger charge is -2.44. The molecule has 2 atom stereocenters. The van der Waals surface area contributed by atoms with E-state index in [9.17, 15) is 13.8 Å². The van der Waals surface area contributed by atoms with Crippen molar-refractivity contribution in [3.63, 3.8) is 0 Å². The monoisotopic (exact) mass is 441 g/mol. The van der Waals surface area contributed by atoms with E-state index in [0.717, 1.165) is 18.4 Å². The lowest BCUT2D eigenvalue weighted by Crippen LogP contribution is -2.54. The standard InChI is InChI=1S/C20H31N3O4S2/c1-15(23(2)3)19(25)21-17-4-8-27-20(13-17)6-10-29(26,11-7-20)22-18(24)12-16-5-9-28-14-16/h5,9,14-15,17H,4,6-8,10-13H2,1-3H3,(H,21,25)/t15-,17?,20?,29?/m0/s1. The zero-order chi connectivity index (χ0) is 21.1. The van der Waals surface area contributed by atoms with E-state index in [4.69, 9.17) is 4.74 Å². The van der Waals surface area contributed by atoms with E-state index >= 15 is 0 Å². The molecule has 0 radical (unpaired) electrons. The summed E-state index contributed by atoms with van der Waals surface area (Å²) in [4.78, 5) is 26.5. The molecule has 3 rings (SSSR count). The van der Waals surface area contributed by atoms with Crippen LogP contribution in [0.4, 0.5) is 0 Å². The molecule has 162 valence electrons. The smallest absolute Gasteiger partial charge is 0.258 e. The average Bonchev–Trinajstić information content (AvgIpc) is 3.17. The molecule has 2 saturated heterocycles. The first-order valence-electron chi connectivity index (χ1n) is 10.1. The van der Waals surface area contributed by atoms with Gasteiger partial charge in [-0.1, -0.05) is 0 Å². The maximum atomic E-state index is 13.1. The van der Waals surface area contributed by atoms with Crippen LogP contribution in [0.2, 0.25) is 0 Å². The Bertz CT molecular complexity index is 830. The minimum Gasteiger partial charge on any atom is -0.375 e. The van der Waals surface area contributed by atoms with Crippen LogP contribution >= 0.6 is 11.3 Å². The molecule has 1 unspecified atom stereocenters.